The molecule has 0 aliphatic carbocycles. The van der Waals surface area contributed by atoms with E-state index in [-0.39, 0.29) is 12.0 Å². The summed E-state index contributed by atoms with van der Waals surface area (Å²) in [5, 5.41) is 0. The van der Waals surface area contributed by atoms with Crippen molar-refractivity contribution in [2.45, 2.75) is 12.5 Å². The number of methoxy groups -OCH3 is 1. The van der Waals surface area contributed by atoms with E-state index >= 15 is 0 Å². The fourth-order valence-electron chi connectivity index (χ4n) is 1.44. The first-order valence-corrected chi connectivity index (χ1v) is 4.86. The summed E-state index contributed by atoms with van der Waals surface area (Å²) >= 11 is 0. The van der Waals surface area contributed by atoms with Gasteiger partial charge in [0, 0.05) is 26.7 Å². The highest BCUT2D eigenvalue weighted by Crippen LogP contribution is 2.05. The second-order valence-electron chi connectivity index (χ2n) is 3.31. The van der Waals surface area contributed by atoms with Gasteiger partial charge in [-0.15, -0.1) is 0 Å². The van der Waals surface area contributed by atoms with E-state index in [1.807, 2.05) is 0 Å². The molecule has 82 valence electrons. The molecule has 5 nitrogen and oxygen atoms in total. The first kappa shape index (κ1) is 11.4. The van der Waals surface area contributed by atoms with Gasteiger partial charge in [0.25, 0.3) is 0 Å². The maximum absolute atomic E-state index is 11.6. The molecule has 0 bridgehead atoms. The van der Waals surface area contributed by atoms with E-state index in [9.17, 15) is 4.79 Å². The van der Waals surface area contributed by atoms with Crippen molar-refractivity contribution in [2.75, 3.05) is 40.0 Å². The van der Waals surface area contributed by atoms with E-state index in [0.717, 1.165) is 0 Å². The summed E-state index contributed by atoms with van der Waals surface area (Å²) in [6.07, 6.45) is 0.434. The monoisotopic (exact) mass is 202 g/mol. The van der Waals surface area contributed by atoms with Crippen LogP contribution in [0.5, 0.6) is 0 Å². The van der Waals surface area contributed by atoms with E-state index < -0.39 is 0 Å². The Balaban J connectivity index is 2.31. The van der Waals surface area contributed by atoms with Crippen molar-refractivity contribution in [3.8, 4) is 0 Å². The highest BCUT2D eigenvalue weighted by atomic mass is 16.5. The van der Waals surface area contributed by atoms with Crippen LogP contribution in [-0.2, 0) is 14.3 Å². The molecule has 14 heavy (non-hydrogen) atoms. The minimum Gasteiger partial charge on any atom is -0.384 e. The molecule has 1 saturated heterocycles. The number of carbonyl (C=O) groups is 1. The van der Waals surface area contributed by atoms with Crippen LogP contribution >= 0.6 is 0 Å². The Labute approximate surface area is 84.1 Å². The molecule has 1 atom stereocenters. The Morgan fingerprint density at radius 1 is 1.71 bits per heavy atom. The molecule has 1 unspecified atom stereocenters. The normalized spacial score (nSPS) is 22.4. The van der Waals surface area contributed by atoms with Crippen molar-refractivity contribution < 1.29 is 14.3 Å². The number of hydrogen-bond donors (Lipinski definition) is 1. The fourth-order valence-corrected chi connectivity index (χ4v) is 1.44. The molecular formula is C9H18N2O3. The minimum atomic E-state index is -0.00440. The first-order valence-electron chi connectivity index (χ1n) is 4.86. The van der Waals surface area contributed by atoms with Gasteiger partial charge >= 0.3 is 0 Å². The predicted octanol–water partition coefficient (Wildman–Crippen LogP) is -0.791. The highest BCUT2D eigenvalue weighted by Gasteiger charge is 2.22. The molecule has 1 rings (SSSR count). The maximum Gasteiger partial charge on any atom is 0.225 e. The molecule has 5 heteroatoms. The van der Waals surface area contributed by atoms with Gasteiger partial charge in [-0.2, -0.15) is 0 Å². The van der Waals surface area contributed by atoms with Crippen LogP contribution in [0.1, 0.15) is 6.42 Å². The number of amides is 1. The Morgan fingerprint density at radius 3 is 3.14 bits per heavy atom. The zero-order valence-corrected chi connectivity index (χ0v) is 8.57. The van der Waals surface area contributed by atoms with Crippen LogP contribution in [0.2, 0.25) is 0 Å². The lowest BCUT2D eigenvalue weighted by Gasteiger charge is -2.32. The van der Waals surface area contributed by atoms with Crippen molar-refractivity contribution in [3.63, 3.8) is 0 Å². The standard InChI is InChI=1S/C9H18N2O3/c1-13-4-2-9(12)11-3-5-14-8(6-10)7-11/h8H,2-7,10H2,1H3. The molecule has 0 saturated carbocycles. The second kappa shape index (κ2) is 5.95. The Bertz CT molecular complexity index is 187. The Kier molecular flexibility index (Phi) is 4.86. The highest BCUT2D eigenvalue weighted by molar-refractivity contribution is 5.76. The zero-order valence-electron chi connectivity index (χ0n) is 8.57. The van der Waals surface area contributed by atoms with E-state index in [1.54, 1.807) is 12.0 Å². The number of morpholine rings is 1. The topological polar surface area (TPSA) is 64.8 Å². The molecule has 0 aromatic heterocycles. The minimum absolute atomic E-state index is 0.00440. The lowest BCUT2D eigenvalue weighted by atomic mass is 10.2. The SMILES string of the molecule is COCCC(=O)N1CCOC(CN)C1. The van der Waals surface area contributed by atoms with Crippen molar-refractivity contribution >= 4 is 5.91 Å². The summed E-state index contributed by atoms with van der Waals surface area (Å²) in [6, 6.07) is 0. The number of nitrogens with two attached hydrogens (primary N) is 1. The molecule has 2 N–H and O–H groups in total. The van der Waals surface area contributed by atoms with Crippen molar-refractivity contribution in [3.05, 3.63) is 0 Å². The van der Waals surface area contributed by atoms with E-state index in [0.29, 0.717) is 39.3 Å². The van der Waals surface area contributed by atoms with Crippen LogP contribution < -0.4 is 5.73 Å². The number of hydrogen-bond acceptors (Lipinski definition) is 4. The Morgan fingerprint density at radius 2 is 2.50 bits per heavy atom. The average molecular weight is 202 g/mol. The summed E-state index contributed by atoms with van der Waals surface area (Å²) in [4.78, 5) is 13.4. The lowest BCUT2D eigenvalue weighted by Crippen LogP contribution is -2.48. The number of rotatable bonds is 4. The van der Waals surface area contributed by atoms with E-state index in [4.69, 9.17) is 15.2 Å². The molecule has 1 fully saturated rings. The van der Waals surface area contributed by atoms with Gasteiger partial charge in [0.2, 0.25) is 5.91 Å². The van der Waals surface area contributed by atoms with Gasteiger partial charge in [0.1, 0.15) is 0 Å². The van der Waals surface area contributed by atoms with Crippen LogP contribution in [-0.4, -0.2) is 56.9 Å². The van der Waals surface area contributed by atoms with Crippen LogP contribution in [0.15, 0.2) is 0 Å². The third-order valence-corrected chi connectivity index (χ3v) is 2.27. The zero-order chi connectivity index (χ0) is 10.4. The van der Waals surface area contributed by atoms with Crippen LogP contribution in [0.25, 0.3) is 0 Å². The van der Waals surface area contributed by atoms with E-state index in [2.05, 4.69) is 0 Å². The number of nitrogens with zero attached hydrogens (tertiary/aromatic N) is 1. The van der Waals surface area contributed by atoms with Crippen molar-refractivity contribution in [1.29, 1.82) is 0 Å². The van der Waals surface area contributed by atoms with Crippen molar-refractivity contribution in [1.82, 2.24) is 4.90 Å². The van der Waals surface area contributed by atoms with Crippen LogP contribution in [0.4, 0.5) is 0 Å². The molecule has 1 aliphatic rings. The van der Waals surface area contributed by atoms with Gasteiger partial charge in [-0.05, 0) is 0 Å². The second-order valence-corrected chi connectivity index (χ2v) is 3.31. The summed E-state index contributed by atoms with van der Waals surface area (Å²) < 4.78 is 10.2. The number of ether oxygens (including phenoxy) is 2. The molecular weight excluding hydrogens is 184 g/mol. The van der Waals surface area contributed by atoms with Crippen molar-refractivity contribution in [2.24, 2.45) is 5.73 Å². The van der Waals surface area contributed by atoms with Gasteiger partial charge in [-0.1, -0.05) is 0 Å². The molecule has 1 heterocycles. The third-order valence-electron chi connectivity index (χ3n) is 2.27. The predicted molar refractivity (Wildman–Crippen MR) is 51.9 cm³/mol. The molecule has 1 amide bonds. The largest absolute Gasteiger partial charge is 0.384 e. The summed E-state index contributed by atoms with van der Waals surface area (Å²) in [6.45, 7) is 2.80. The molecule has 0 aromatic rings. The quantitative estimate of drug-likeness (QED) is 0.649. The Hall–Kier alpha value is -0.650. The first-order chi connectivity index (χ1) is 6.77. The van der Waals surface area contributed by atoms with Gasteiger partial charge < -0.3 is 20.1 Å². The third kappa shape index (κ3) is 3.25. The summed E-state index contributed by atoms with van der Waals surface area (Å²) in [5.41, 5.74) is 5.48. The van der Waals surface area contributed by atoms with Gasteiger partial charge in [0.05, 0.1) is 25.7 Å². The number of carbonyl (C=O) groups excluding carboxylic acids is 1. The average Bonchev–Trinajstić information content (AvgIpc) is 2.26. The molecule has 1 aliphatic heterocycles. The lowest BCUT2D eigenvalue weighted by molar-refractivity contribution is -0.139. The summed E-state index contributed by atoms with van der Waals surface area (Å²) in [5.74, 6) is 0.119. The van der Waals surface area contributed by atoms with Gasteiger partial charge in [-0.25, -0.2) is 0 Å². The molecule has 0 aromatic carbocycles. The summed E-state index contributed by atoms with van der Waals surface area (Å²) in [7, 11) is 1.59. The molecule has 0 radical (unpaired) electrons. The van der Waals surface area contributed by atoms with E-state index in [1.165, 1.54) is 0 Å². The fraction of sp³-hybridized carbons (Fsp3) is 0.889. The van der Waals surface area contributed by atoms with Gasteiger partial charge in [-0.3, -0.25) is 4.79 Å². The van der Waals surface area contributed by atoms with Crippen LogP contribution in [0.3, 0.4) is 0 Å². The maximum atomic E-state index is 11.6. The smallest absolute Gasteiger partial charge is 0.225 e. The molecule has 0 spiro atoms. The van der Waals surface area contributed by atoms with Crippen LogP contribution in [0, 0.1) is 0 Å². The van der Waals surface area contributed by atoms with Gasteiger partial charge in [0.15, 0.2) is 0 Å².